The minimum absolute atomic E-state index is 0.307. The van der Waals surface area contributed by atoms with Gasteiger partial charge in [0.25, 0.3) is 0 Å². The average Bonchev–Trinajstić information content (AvgIpc) is 2.51. The molecule has 134 valence electrons. The van der Waals surface area contributed by atoms with Crippen molar-refractivity contribution in [3.63, 3.8) is 0 Å². The van der Waals surface area contributed by atoms with Gasteiger partial charge in [0, 0.05) is 24.5 Å². The lowest BCUT2D eigenvalue weighted by atomic mass is 10.1. The van der Waals surface area contributed by atoms with Gasteiger partial charge in [-0.15, -0.1) is 11.6 Å². The zero-order valence-electron chi connectivity index (χ0n) is 14.5. The number of alkyl carbamates (subject to hydrolysis) is 1. The molecule has 1 rings (SSSR count). The molecule has 1 aromatic carbocycles. The van der Waals surface area contributed by atoms with Crippen LogP contribution in [0.25, 0.3) is 0 Å². The second kappa shape index (κ2) is 9.37. The van der Waals surface area contributed by atoms with E-state index in [1.807, 2.05) is 24.3 Å². The Morgan fingerprint density at radius 1 is 1.21 bits per heavy atom. The Labute approximate surface area is 147 Å². The summed E-state index contributed by atoms with van der Waals surface area (Å²) in [6.07, 6.45) is -0.347. The first-order valence-electron chi connectivity index (χ1n) is 7.71. The zero-order valence-corrected chi connectivity index (χ0v) is 15.3. The largest absolute Gasteiger partial charge is 0.467 e. The van der Waals surface area contributed by atoms with Crippen LogP contribution >= 0.6 is 11.6 Å². The van der Waals surface area contributed by atoms with E-state index in [4.69, 9.17) is 21.1 Å². The molecule has 0 unspecified atom stereocenters. The number of ether oxygens (including phenoxy) is 2. The maximum absolute atomic E-state index is 11.9. The quantitative estimate of drug-likeness (QED) is 0.580. The van der Waals surface area contributed by atoms with Crippen molar-refractivity contribution < 1.29 is 19.1 Å². The Bertz CT molecular complexity index is 541. The standard InChI is InChI=1S/C17H25ClN2O4/c1-17(2,3)24-16(22)20-14(15(21)23-4)11-12-5-7-13(8-6-12)19-10-9-18/h5-8,14,19H,9-11H2,1-4H3,(H,20,22)/t14-/m0/s1. The Morgan fingerprint density at radius 3 is 2.33 bits per heavy atom. The van der Waals surface area contributed by atoms with Crippen LogP contribution in [-0.2, 0) is 20.7 Å². The van der Waals surface area contributed by atoms with E-state index >= 15 is 0 Å². The van der Waals surface area contributed by atoms with Crippen molar-refractivity contribution in [2.24, 2.45) is 0 Å². The van der Waals surface area contributed by atoms with Crippen LogP contribution < -0.4 is 10.6 Å². The number of hydrogen-bond acceptors (Lipinski definition) is 5. The van der Waals surface area contributed by atoms with Crippen LogP contribution in [0.2, 0.25) is 0 Å². The van der Waals surface area contributed by atoms with Crippen LogP contribution in [0.15, 0.2) is 24.3 Å². The highest BCUT2D eigenvalue weighted by Crippen LogP contribution is 2.13. The lowest BCUT2D eigenvalue weighted by Crippen LogP contribution is -2.45. The molecule has 0 aromatic heterocycles. The number of rotatable bonds is 7. The topological polar surface area (TPSA) is 76.7 Å². The van der Waals surface area contributed by atoms with Crippen molar-refractivity contribution in [3.05, 3.63) is 29.8 Å². The van der Waals surface area contributed by atoms with E-state index in [0.29, 0.717) is 18.8 Å². The van der Waals surface area contributed by atoms with Gasteiger partial charge in [0.15, 0.2) is 0 Å². The molecule has 7 heteroatoms. The van der Waals surface area contributed by atoms with E-state index in [2.05, 4.69) is 10.6 Å². The number of carbonyl (C=O) groups excluding carboxylic acids is 2. The van der Waals surface area contributed by atoms with E-state index in [-0.39, 0.29) is 0 Å². The van der Waals surface area contributed by atoms with Gasteiger partial charge >= 0.3 is 12.1 Å². The number of esters is 1. The molecule has 0 fully saturated rings. The van der Waals surface area contributed by atoms with Gasteiger partial charge in [0.1, 0.15) is 11.6 Å². The van der Waals surface area contributed by atoms with Gasteiger partial charge in [-0.1, -0.05) is 12.1 Å². The summed E-state index contributed by atoms with van der Waals surface area (Å²) < 4.78 is 9.94. The first-order valence-corrected chi connectivity index (χ1v) is 8.24. The number of alkyl halides is 1. The summed E-state index contributed by atoms with van der Waals surface area (Å²) in [7, 11) is 1.28. The Morgan fingerprint density at radius 2 is 1.83 bits per heavy atom. The molecular formula is C17H25ClN2O4. The fourth-order valence-corrected chi connectivity index (χ4v) is 2.07. The first-order chi connectivity index (χ1) is 11.2. The third-order valence-electron chi connectivity index (χ3n) is 2.99. The monoisotopic (exact) mass is 356 g/mol. The molecule has 0 spiro atoms. The summed E-state index contributed by atoms with van der Waals surface area (Å²) >= 11 is 5.63. The second-order valence-electron chi connectivity index (χ2n) is 6.24. The lowest BCUT2D eigenvalue weighted by molar-refractivity contribution is -0.143. The lowest BCUT2D eigenvalue weighted by Gasteiger charge is -2.22. The molecule has 24 heavy (non-hydrogen) atoms. The maximum Gasteiger partial charge on any atom is 0.408 e. The fraction of sp³-hybridized carbons (Fsp3) is 0.529. The molecule has 0 aliphatic heterocycles. The molecule has 0 heterocycles. The first kappa shape index (κ1) is 20.1. The van der Waals surface area contributed by atoms with Crippen LogP contribution in [0.3, 0.4) is 0 Å². The highest BCUT2D eigenvalue weighted by atomic mass is 35.5. The van der Waals surface area contributed by atoms with E-state index < -0.39 is 23.7 Å². The van der Waals surface area contributed by atoms with Crippen molar-refractivity contribution in [2.75, 3.05) is 24.9 Å². The molecule has 0 saturated carbocycles. The fourth-order valence-electron chi connectivity index (χ4n) is 1.97. The summed E-state index contributed by atoms with van der Waals surface area (Å²) in [5.74, 6) is -0.00315. The zero-order chi connectivity index (χ0) is 18.2. The molecule has 1 amide bonds. The number of methoxy groups -OCH3 is 1. The number of nitrogens with one attached hydrogen (secondary N) is 2. The van der Waals surface area contributed by atoms with Crippen LogP contribution in [0.4, 0.5) is 10.5 Å². The molecule has 0 radical (unpaired) electrons. The Balaban J connectivity index is 2.72. The summed E-state index contributed by atoms with van der Waals surface area (Å²) in [5, 5.41) is 5.71. The Hall–Kier alpha value is -1.95. The van der Waals surface area contributed by atoms with Gasteiger partial charge in [-0.25, -0.2) is 9.59 Å². The molecule has 0 bridgehead atoms. The SMILES string of the molecule is COC(=O)[C@H](Cc1ccc(NCCCl)cc1)NC(=O)OC(C)(C)C. The molecule has 0 aliphatic carbocycles. The van der Waals surface area contributed by atoms with Crippen molar-refractivity contribution in [1.29, 1.82) is 0 Å². The van der Waals surface area contributed by atoms with Gasteiger partial charge in [-0.2, -0.15) is 0 Å². The normalized spacial score (nSPS) is 12.2. The van der Waals surface area contributed by atoms with Crippen molar-refractivity contribution >= 4 is 29.4 Å². The minimum Gasteiger partial charge on any atom is -0.467 e. The molecular weight excluding hydrogens is 332 g/mol. The molecule has 6 nitrogen and oxygen atoms in total. The number of halogens is 1. The van der Waals surface area contributed by atoms with Gasteiger partial charge in [-0.05, 0) is 38.5 Å². The number of benzene rings is 1. The van der Waals surface area contributed by atoms with E-state index in [1.165, 1.54) is 7.11 Å². The smallest absolute Gasteiger partial charge is 0.408 e. The molecule has 1 aromatic rings. The third kappa shape index (κ3) is 7.55. The van der Waals surface area contributed by atoms with Crippen LogP contribution in [0, 0.1) is 0 Å². The van der Waals surface area contributed by atoms with Crippen LogP contribution in [-0.4, -0.2) is 43.2 Å². The van der Waals surface area contributed by atoms with Gasteiger partial charge in [0.05, 0.1) is 7.11 Å². The number of anilines is 1. The van der Waals surface area contributed by atoms with Crippen molar-refractivity contribution in [1.82, 2.24) is 5.32 Å². The van der Waals surface area contributed by atoms with Gasteiger partial charge < -0.3 is 20.1 Å². The summed E-state index contributed by atoms with van der Waals surface area (Å²) in [6.45, 7) is 5.94. The minimum atomic E-state index is -0.813. The number of hydrogen-bond donors (Lipinski definition) is 2. The summed E-state index contributed by atoms with van der Waals surface area (Å²) in [6, 6.07) is 6.73. The van der Waals surface area contributed by atoms with Crippen LogP contribution in [0.5, 0.6) is 0 Å². The van der Waals surface area contributed by atoms with E-state index in [1.54, 1.807) is 20.8 Å². The predicted molar refractivity (Wildman–Crippen MR) is 94.5 cm³/mol. The molecule has 0 saturated heterocycles. The average molecular weight is 357 g/mol. The maximum atomic E-state index is 11.9. The highest BCUT2D eigenvalue weighted by Gasteiger charge is 2.25. The number of amides is 1. The molecule has 2 N–H and O–H groups in total. The second-order valence-corrected chi connectivity index (χ2v) is 6.62. The molecule has 0 aliphatic rings. The summed E-state index contributed by atoms with van der Waals surface area (Å²) in [5.41, 5.74) is 1.19. The van der Waals surface area contributed by atoms with Crippen LogP contribution in [0.1, 0.15) is 26.3 Å². The van der Waals surface area contributed by atoms with E-state index in [9.17, 15) is 9.59 Å². The molecule has 1 atom stereocenters. The Kier molecular flexibility index (Phi) is 7.85. The summed E-state index contributed by atoms with van der Waals surface area (Å²) in [4.78, 5) is 23.8. The van der Waals surface area contributed by atoms with Gasteiger partial charge in [-0.3, -0.25) is 0 Å². The van der Waals surface area contributed by atoms with Crippen molar-refractivity contribution in [3.8, 4) is 0 Å². The van der Waals surface area contributed by atoms with E-state index in [0.717, 1.165) is 11.3 Å². The number of carbonyl (C=O) groups is 2. The van der Waals surface area contributed by atoms with Crippen molar-refractivity contribution in [2.45, 2.75) is 38.8 Å². The third-order valence-corrected chi connectivity index (χ3v) is 3.18. The predicted octanol–water partition coefficient (Wildman–Crippen LogP) is 2.95. The van der Waals surface area contributed by atoms with Gasteiger partial charge in [0.2, 0.25) is 0 Å². The highest BCUT2D eigenvalue weighted by molar-refractivity contribution is 6.18.